The summed E-state index contributed by atoms with van der Waals surface area (Å²) in [6.07, 6.45) is 3.42. The van der Waals surface area contributed by atoms with Crippen molar-refractivity contribution in [2.75, 3.05) is 0 Å². The van der Waals surface area contributed by atoms with E-state index in [4.69, 9.17) is 5.73 Å². The predicted octanol–water partition coefficient (Wildman–Crippen LogP) is 4.22. The molecule has 19 heavy (non-hydrogen) atoms. The molecule has 0 fully saturated rings. The molecule has 1 atom stereocenters. The van der Waals surface area contributed by atoms with Crippen LogP contribution < -0.4 is 5.73 Å². The summed E-state index contributed by atoms with van der Waals surface area (Å²) >= 11 is 0. The maximum absolute atomic E-state index is 5.62. The maximum atomic E-state index is 5.62. The van der Waals surface area contributed by atoms with Crippen LogP contribution in [0.2, 0.25) is 0 Å². The second-order valence-electron chi connectivity index (χ2n) is 4.90. The van der Waals surface area contributed by atoms with Gasteiger partial charge in [0.05, 0.1) is 0 Å². The van der Waals surface area contributed by atoms with Crippen molar-refractivity contribution < 1.29 is 0 Å². The molecule has 1 heteroatoms. The van der Waals surface area contributed by atoms with Gasteiger partial charge in [0.1, 0.15) is 0 Å². The molecule has 1 unspecified atom stereocenters. The molecule has 2 rings (SSSR count). The maximum Gasteiger partial charge on any atom is 0.00509 e. The minimum absolute atomic E-state index is 0.266. The van der Waals surface area contributed by atoms with E-state index in [1.54, 1.807) is 0 Å². The van der Waals surface area contributed by atoms with Crippen LogP contribution >= 0.6 is 0 Å². The Hall–Kier alpha value is -1.60. The molecule has 0 aliphatic heterocycles. The van der Waals surface area contributed by atoms with Crippen LogP contribution in [0, 0.1) is 0 Å². The summed E-state index contributed by atoms with van der Waals surface area (Å²) in [5.41, 5.74) is 8.39. The molecule has 0 bridgehead atoms. The Morgan fingerprint density at radius 1 is 0.842 bits per heavy atom. The zero-order chi connectivity index (χ0) is 13.9. The first kappa shape index (κ1) is 15.5. The number of hydrogen-bond acceptors (Lipinski definition) is 1. The van der Waals surface area contributed by atoms with Crippen LogP contribution in [0.1, 0.15) is 31.4 Å². The first-order valence-electron chi connectivity index (χ1n) is 7.05. The van der Waals surface area contributed by atoms with Crippen molar-refractivity contribution in [3.63, 3.8) is 0 Å². The lowest BCUT2D eigenvalue weighted by molar-refractivity contribution is 0.738. The van der Waals surface area contributed by atoms with E-state index in [1.807, 2.05) is 25.1 Å². The lowest BCUT2D eigenvalue weighted by Gasteiger charge is -2.02. The van der Waals surface area contributed by atoms with Crippen LogP contribution in [0.15, 0.2) is 60.7 Å². The second kappa shape index (κ2) is 9.35. The third-order valence-electron chi connectivity index (χ3n) is 2.78. The molecule has 0 saturated carbocycles. The smallest absolute Gasteiger partial charge is 0.00509 e. The van der Waals surface area contributed by atoms with Crippen molar-refractivity contribution in [3.05, 3.63) is 71.8 Å². The highest BCUT2D eigenvalue weighted by Gasteiger charge is 1.94. The van der Waals surface area contributed by atoms with Crippen LogP contribution in [0.5, 0.6) is 0 Å². The van der Waals surface area contributed by atoms with E-state index < -0.39 is 0 Å². The average molecular weight is 255 g/mol. The second-order valence-corrected chi connectivity index (χ2v) is 4.90. The summed E-state index contributed by atoms with van der Waals surface area (Å²) in [6, 6.07) is 21.1. The highest BCUT2D eigenvalue weighted by atomic mass is 14.6. The zero-order valence-corrected chi connectivity index (χ0v) is 12.0. The molecule has 1 nitrogen and oxygen atoms in total. The topological polar surface area (TPSA) is 26.0 Å². The van der Waals surface area contributed by atoms with Gasteiger partial charge in [-0.15, -0.1) is 0 Å². The quantitative estimate of drug-likeness (QED) is 0.870. The van der Waals surface area contributed by atoms with Gasteiger partial charge in [-0.1, -0.05) is 74.0 Å². The first-order chi connectivity index (χ1) is 9.22. The van der Waals surface area contributed by atoms with Crippen molar-refractivity contribution in [2.45, 2.75) is 39.2 Å². The molecule has 0 heterocycles. The van der Waals surface area contributed by atoms with Gasteiger partial charge in [-0.25, -0.2) is 0 Å². The van der Waals surface area contributed by atoms with Gasteiger partial charge in [-0.05, 0) is 30.9 Å². The van der Waals surface area contributed by atoms with Gasteiger partial charge in [0.25, 0.3) is 0 Å². The molecular formula is C18H25N. The SMILES string of the molecule is CC(N)Cc1ccccc1.CCCc1ccccc1. The summed E-state index contributed by atoms with van der Waals surface area (Å²) in [4.78, 5) is 0. The summed E-state index contributed by atoms with van der Waals surface area (Å²) in [6.45, 7) is 4.22. The fourth-order valence-electron chi connectivity index (χ4n) is 1.92. The van der Waals surface area contributed by atoms with Crippen molar-refractivity contribution in [1.29, 1.82) is 0 Å². The molecule has 0 spiro atoms. The number of hydrogen-bond donors (Lipinski definition) is 1. The van der Waals surface area contributed by atoms with Gasteiger partial charge in [0.15, 0.2) is 0 Å². The van der Waals surface area contributed by atoms with Crippen molar-refractivity contribution in [3.8, 4) is 0 Å². The van der Waals surface area contributed by atoms with E-state index in [0.717, 1.165) is 6.42 Å². The monoisotopic (exact) mass is 255 g/mol. The van der Waals surface area contributed by atoms with E-state index in [2.05, 4.69) is 49.4 Å². The standard InChI is InChI=1S/C9H13N.C9H12/c1-8(10)7-9-5-3-2-4-6-9;1-2-6-9-7-4-3-5-8-9/h2-6,8H,7,10H2,1H3;3-5,7-8H,2,6H2,1H3. The van der Waals surface area contributed by atoms with E-state index in [1.165, 1.54) is 24.0 Å². The Labute approximate surface area is 117 Å². The highest BCUT2D eigenvalue weighted by Crippen LogP contribution is 2.01. The van der Waals surface area contributed by atoms with Crippen molar-refractivity contribution in [1.82, 2.24) is 0 Å². The molecule has 2 aromatic rings. The summed E-state index contributed by atoms with van der Waals surface area (Å²) < 4.78 is 0. The number of nitrogens with two attached hydrogens (primary N) is 1. The zero-order valence-electron chi connectivity index (χ0n) is 12.0. The van der Waals surface area contributed by atoms with Crippen LogP contribution in [-0.2, 0) is 12.8 Å². The fourth-order valence-corrected chi connectivity index (χ4v) is 1.92. The van der Waals surface area contributed by atoms with Gasteiger partial charge in [0.2, 0.25) is 0 Å². The largest absolute Gasteiger partial charge is 0.328 e. The molecule has 2 N–H and O–H groups in total. The van der Waals surface area contributed by atoms with Crippen LogP contribution in [-0.4, -0.2) is 6.04 Å². The minimum atomic E-state index is 0.266. The number of aryl methyl sites for hydroxylation is 1. The molecule has 0 amide bonds. The predicted molar refractivity (Wildman–Crippen MR) is 84.2 cm³/mol. The Morgan fingerprint density at radius 2 is 1.32 bits per heavy atom. The van der Waals surface area contributed by atoms with E-state index in [-0.39, 0.29) is 6.04 Å². The summed E-state index contributed by atoms with van der Waals surface area (Å²) in [7, 11) is 0. The van der Waals surface area contributed by atoms with E-state index >= 15 is 0 Å². The van der Waals surface area contributed by atoms with Gasteiger partial charge >= 0.3 is 0 Å². The minimum Gasteiger partial charge on any atom is -0.328 e. The Kier molecular flexibility index (Phi) is 7.60. The fraction of sp³-hybridized carbons (Fsp3) is 0.333. The van der Waals surface area contributed by atoms with Gasteiger partial charge < -0.3 is 5.73 Å². The molecule has 2 aromatic carbocycles. The molecule has 0 radical (unpaired) electrons. The van der Waals surface area contributed by atoms with Crippen LogP contribution in [0.4, 0.5) is 0 Å². The molecule has 0 aliphatic rings. The van der Waals surface area contributed by atoms with Gasteiger partial charge in [-0.2, -0.15) is 0 Å². The molecule has 0 aliphatic carbocycles. The highest BCUT2D eigenvalue weighted by molar-refractivity contribution is 5.15. The van der Waals surface area contributed by atoms with Crippen LogP contribution in [0.25, 0.3) is 0 Å². The Balaban J connectivity index is 0.000000191. The van der Waals surface area contributed by atoms with Gasteiger partial charge in [0, 0.05) is 6.04 Å². The lowest BCUT2D eigenvalue weighted by atomic mass is 10.1. The summed E-state index contributed by atoms with van der Waals surface area (Å²) in [5, 5.41) is 0. The average Bonchev–Trinajstić information content (AvgIpc) is 2.41. The van der Waals surface area contributed by atoms with E-state index in [9.17, 15) is 0 Å². The molecule has 0 aromatic heterocycles. The van der Waals surface area contributed by atoms with Crippen molar-refractivity contribution in [2.24, 2.45) is 5.73 Å². The lowest BCUT2D eigenvalue weighted by Crippen LogP contribution is -2.17. The molecular weight excluding hydrogens is 230 g/mol. The first-order valence-corrected chi connectivity index (χ1v) is 7.05. The van der Waals surface area contributed by atoms with Gasteiger partial charge in [-0.3, -0.25) is 0 Å². The molecule has 0 saturated heterocycles. The normalized spacial score (nSPS) is 11.3. The van der Waals surface area contributed by atoms with E-state index in [0.29, 0.717) is 0 Å². The third kappa shape index (κ3) is 7.43. The number of benzene rings is 2. The van der Waals surface area contributed by atoms with Crippen molar-refractivity contribution >= 4 is 0 Å². The Bertz CT molecular complexity index is 420. The van der Waals surface area contributed by atoms with Crippen LogP contribution in [0.3, 0.4) is 0 Å². The molecule has 102 valence electrons. The number of rotatable bonds is 4. The summed E-state index contributed by atoms with van der Waals surface area (Å²) in [5.74, 6) is 0. The third-order valence-corrected chi connectivity index (χ3v) is 2.78. The Morgan fingerprint density at radius 3 is 1.74 bits per heavy atom.